The van der Waals surface area contributed by atoms with Crippen LogP contribution in [-0.2, 0) is 8.85 Å². The number of rotatable bonds is 2. The summed E-state index contributed by atoms with van der Waals surface area (Å²) < 4.78 is 9.19. The lowest BCUT2D eigenvalue weighted by atomic mass is 11.5. The van der Waals surface area contributed by atoms with Gasteiger partial charge in [0, 0.05) is 0 Å². The molecule has 3 nitrogen and oxygen atoms in total. The standard InChI is InChI=1S/C3H10O3Si2/c1-7-5-3(4)6-8-2/h7-8H2,1-2H3. The molecule has 0 aromatic heterocycles. The van der Waals surface area contributed by atoms with Crippen LogP contribution in [0, 0.1) is 0 Å². The third kappa shape index (κ3) is 3.88. The zero-order valence-electron chi connectivity index (χ0n) is 5.14. The van der Waals surface area contributed by atoms with Crippen LogP contribution in [0.25, 0.3) is 0 Å². The normalized spacial score (nSPS) is 11.2. The van der Waals surface area contributed by atoms with E-state index in [1.807, 2.05) is 13.1 Å². The Kier molecular flexibility index (Phi) is 4.67. The molecular formula is C3H10O3Si2. The Morgan fingerprint density at radius 1 is 1.25 bits per heavy atom. The van der Waals surface area contributed by atoms with Gasteiger partial charge in [0.25, 0.3) is 0 Å². The average molecular weight is 150 g/mol. The van der Waals surface area contributed by atoms with Crippen molar-refractivity contribution in [2.24, 2.45) is 0 Å². The molecule has 0 N–H and O–H groups in total. The molecule has 0 rings (SSSR count). The number of hydrogen-bond donors (Lipinski definition) is 0. The second kappa shape index (κ2) is 4.85. The topological polar surface area (TPSA) is 35.5 Å². The molecule has 5 heteroatoms. The van der Waals surface area contributed by atoms with Crippen LogP contribution < -0.4 is 0 Å². The summed E-state index contributed by atoms with van der Waals surface area (Å²) >= 11 is 0. The molecule has 0 spiro atoms. The Morgan fingerprint density at radius 2 is 1.62 bits per heavy atom. The highest BCUT2D eigenvalue weighted by Gasteiger charge is 1.95. The fraction of sp³-hybridized carbons (Fsp3) is 0.667. The van der Waals surface area contributed by atoms with Crippen LogP contribution in [0.3, 0.4) is 0 Å². The molecule has 0 radical (unpaired) electrons. The Hall–Kier alpha value is -0.296. The summed E-state index contributed by atoms with van der Waals surface area (Å²) in [7, 11) is -1.21. The van der Waals surface area contributed by atoms with Crippen molar-refractivity contribution in [1.82, 2.24) is 0 Å². The van der Waals surface area contributed by atoms with Gasteiger partial charge in [-0.05, 0) is 13.1 Å². The van der Waals surface area contributed by atoms with E-state index in [9.17, 15) is 4.79 Å². The van der Waals surface area contributed by atoms with Gasteiger partial charge in [-0.15, -0.1) is 0 Å². The smallest absolute Gasteiger partial charge is 0.479 e. The van der Waals surface area contributed by atoms with Crippen LogP contribution in [0.15, 0.2) is 0 Å². The highest BCUT2D eigenvalue weighted by Crippen LogP contribution is 1.79. The van der Waals surface area contributed by atoms with E-state index in [1.54, 1.807) is 0 Å². The molecule has 0 bridgehead atoms. The molecule has 0 saturated heterocycles. The molecule has 0 aliphatic rings. The molecule has 0 aromatic carbocycles. The fourth-order valence-electron chi connectivity index (χ4n) is 0.277. The predicted octanol–water partition coefficient (Wildman–Crippen LogP) is -0.597. The lowest BCUT2D eigenvalue weighted by Crippen LogP contribution is -2.09. The van der Waals surface area contributed by atoms with Gasteiger partial charge in [-0.1, -0.05) is 0 Å². The van der Waals surface area contributed by atoms with E-state index in [-0.39, 0.29) is 0 Å². The maximum Gasteiger partial charge on any atom is 0.479 e. The van der Waals surface area contributed by atoms with E-state index in [2.05, 4.69) is 8.85 Å². The molecule has 0 atom stereocenters. The van der Waals surface area contributed by atoms with E-state index in [0.29, 0.717) is 0 Å². The van der Waals surface area contributed by atoms with E-state index in [0.717, 1.165) is 0 Å². The van der Waals surface area contributed by atoms with Crippen molar-refractivity contribution in [2.45, 2.75) is 13.1 Å². The Bertz CT molecular complexity index is 66.9. The summed E-state index contributed by atoms with van der Waals surface area (Å²) in [4.78, 5) is 10.3. The Morgan fingerprint density at radius 3 is 1.88 bits per heavy atom. The van der Waals surface area contributed by atoms with Gasteiger partial charge in [0.1, 0.15) is 0 Å². The molecule has 0 aliphatic carbocycles. The summed E-state index contributed by atoms with van der Waals surface area (Å²) in [5, 5.41) is 0. The molecule has 0 fully saturated rings. The predicted molar refractivity (Wildman–Crippen MR) is 36.4 cm³/mol. The molecule has 0 amide bonds. The number of carbonyl (C=O) groups excluding carboxylic acids is 1. The third-order valence-corrected chi connectivity index (χ3v) is 1.57. The van der Waals surface area contributed by atoms with Crippen LogP contribution in [0.2, 0.25) is 13.1 Å². The minimum Gasteiger partial charge on any atom is -0.496 e. The van der Waals surface area contributed by atoms with E-state index >= 15 is 0 Å². The monoisotopic (exact) mass is 150 g/mol. The molecular weight excluding hydrogens is 140 g/mol. The van der Waals surface area contributed by atoms with Crippen molar-refractivity contribution >= 4 is 25.7 Å². The van der Waals surface area contributed by atoms with Crippen LogP contribution in [0.4, 0.5) is 4.79 Å². The Balaban J connectivity index is 3.06. The van der Waals surface area contributed by atoms with Crippen LogP contribution in [-0.4, -0.2) is 25.7 Å². The van der Waals surface area contributed by atoms with Gasteiger partial charge in [0.2, 0.25) is 19.5 Å². The second-order valence-electron chi connectivity index (χ2n) is 1.12. The van der Waals surface area contributed by atoms with E-state index in [4.69, 9.17) is 0 Å². The minimum absolute atomic E-state index is 0.465. The molecule has 8 heavy (non-hydrogen) atoms. The summed E-state index contributed by atoms with van der Waals surface area (Å²) in [5.41, 5.74) is 0. The van der Waals surface area contributed by atoms with E-state index in [1.165, 1.54) is 0 Å². The SMILES string of the molecule is C[SiH2]OC(=O)O[SiH2]C. The van der Waals surface area contributed by atoms with Gasteiger partial charge in [0.05, 0.1) is 0 Å². The summed E-state index contributed by atoms with van der Waals surface area (Å²) in [6.07, 6.45) is -0.465. The molecule has 0 aromatic rings. The van der Waals surface area contributed by atoms with Crippen molar-refractivity contribution in [3.05, 3.63) is 0 Å². The maximum absolute atomic E-state index is 10.3. The fourth-order valence-corrected chi connectivity index (χ4v) is 1.08. The summed E-state index contributed by atoms with van der Waals surface area (Å²) in [6, 6.07) is 0. The molecule has 48 valence electrons. The first-order valence-corrected chi connectivity index (χ1v) is 6.59. The number of hydrogen-bond acceptors (Lipinski definition) is 3. The van der Waals surface area contributed by atoms with Crippen molar-refractivity contribution < 1.29 is 13.6 Å². The van der Waals surface area contributed by atoms with E-state index < -0.39 is 25.7 Å². The lowest BCUT2D eigenvalue weighted by Gasteiger charge is -1.99. The summed E-state index contributed by atoms with van der Waals surface area (Å²) in [5.74, 6) is 0. The van der Waals surface area contributed by atoms with Gasteiger partial charge in [-0.25, -0.2) is 4.79 Å². The number of carbonyl (C=O) groups is 1. The third-order valence-electron chi connectivity index (χ3n) is 0.524. The van der Waals surface area contributed by atoms with Gasteiger partial charge >= 0.3 is 6.16 Å². The molecule has 0 unspecified atom stereocenters. The zero-order chi connectivity index (χ0) is 6.41. The zero-order valence-corrected chi connectivity index (χ0v) is 7.97. The largest absolute Gasteiger partial charge is 0.496 e. The van der Waals surface area contributed by atoms with Gasteiger partial charge in [-0.2, -0.15) is 0 Å². The highest BCUT2D eigenvalue weighted by atomic mass is 28.2. The van der Waals surface area contributed by atoms with Crippen LogP contribution >= 0.6 is 0 Å². The van der Waals surface area contributed by atoms with Gasteiger partial charge in [0.15, 0.2) is 0 Å². The molecule has 0 saturated carbocycles. The highest BCUT2D eigenvalue weighted by molar-refractivity contribution is 6.31. The van der Waals surface area contributed by atoms with Crippen molar-refractivity contribution in [3.63, 3.8) is 0 Å². The first-order chi connectivity index (χ1) is 3.81. The second-order valence-corrected chi connectivity index (χ2v) is 2.85. The van der Waals surface area contributed by atoms with Crippen molar-refractivity contribution in [1.29, 1.82) is 0 Å². The maximum atomic E-state index is 10.3. The minimum atomic E-state index is -0.606. The van der Waals surface area contributed by atoms with Gasteiger partial charge < -0.3 is 8.85 Å². The molecule has 0 heterocycles. The van der Waals surface area contributed by atoms with Crippen molar-refractivity contribution in [2.75, 3.05) is 0 Å². The van der Waals surface area contributed by atoms with Crippen LogP contribution in [0.1, 0.15) is 0 Å². The Labute approximate surface area is 53.3 Å². The summed E-state index contributed by atoms with van der Waals surface area (Å²) in [6.45, 7) is 3.77. The van der Waals surface area contributed by atoms with Crippen LogP contribution in [0.5, 0.6) is 0 Å². The molecule has 0 aliphatic heterocycles. The average Bonchev–Trinajstić information content (AvgIpc) is 1.68. The van der Waals surface area contributed by atoms with Gasteiger partial charge in [-0.3, -0.25) is 0 Å². The lowest BCUT2D eigenvalue weighted by molar-refractivity contribution is 0.157. The quantitative estimate of drug-likeness (QED) is 0.493. The van der Waals surface area contributed by atoms with Crippen molar-refractivity contribution in [3.8, 4) is 0 Å². The first kappa shape index (κ1) is 7.70. The first-order valence-electron chi connectivity index (χ1n) is 2.60.